The van der Waals surface area contributed by atoms with E-state index in [0.29, 0.717) is 35.2 Å². The van der Waals surface area contributed by atoms with Gasteiger partial charge in [-0.2, -0.15) is 4.98 Å². The normalized spacial score (nSPS) is 10.9. The second-order valence-electron chi connectivity index (χ2n) is 8.52. The van der Waals surface area contributed by atoms with Gasteiger partial charge < -0.3 is 25.4 Å². The summed E-state index contributed by atoms with van der Waals surface area (Å²) in [5.41, 5.74) is 3.11. The van der Waals surface area contributed by atoms with Crippen LogP contribution in [0.2, 0.25) is 0 Å². The first kappa shape index (κ1) is 25.8. The molecule has 1 amide bonds. The summed E-state index contributed by atoms with van der Waals surface area (Å²) in [7, 11) is 4.00. The van der Waals surface area contributed by atoms with E-state index in [0.717, 1.165) is 28.9 Å². The number of aryl methyl sites for hydroxylation is 1. The monoisotopic (exact) mass is 517 g/mol. The molecule has 0 aliphatic heterocycles. The Balaban J connectivity index is 1.63. The van der Waals surface area contributed by atoms with Gasteiger partial charge in [-0.05, 0) is 86.9 Å². The van der Waals surface area contributed by atoms with Crippen molar-refractivity contribution in [1.29, 1.82) is 0 Å². The van der Waals surface area contributed by atoms with E-state index in [1.54, 1.807) is 42.5 Å². The van der Waals surface area contributed by atoms with Gasteiger partial charge in [0.2, 0.25) is 17.7 Å². The molecule has 0 spiro atoms. The van der Waals surface area contributed by atoms with Gasteiger partial charge >= 0.3 is 5.97 Å². The van der Waals surface area contributed by atoms with Gasteiger partial charge in [0.25, 0.3) is 0 Å². The average Bonchev–Trinajstić information content (AvgIpc) is 3.34. The summed E-state index contributed by atoms with van der Waals surface area (Å²) in [5, 5.41) is 17.3. The number of hydrogen-bond acceptors (Lipinski definition) is 8. The average molecular weight is 518 g/mol. The third-order valence-electron chi connectivity index (χ3n) is 5.42. The van der Waals surface area contributed by atoms with E-state index in [4.69, 9.17) is 4.74 Å². The second-order valence-corrected chi connectivity index (χ2v) is 9.44. The van der Waals surface area contributed by atoms with Crippen molar-refractivity contribution in [3.05, 3.63) is 77.7 Å². The number of carboxylic acids is 1. The summed E-state index contributed by atoms with van der Waals surface area (Å²) in [6.45, 7) is 4.34. The Morgan fingerprint density at radius 2 is 2.00 bits per heavy atom. The molecule has 190 valence electrons. The largest absolute Gasteiger partial charge is 0.478 e. The van der Waals surface area contributed by atoms with Gasteiger partial charge in [-0.25, -0.2) is 9.78 Å². The molecular formula is C27H27N5O4S. The number of thiophene rings is 1. The minimum atomic E-state index is -0.974. The summed E-state index contributed by atoms with van der Waals surface area (Å²) >= 11 is 1.46. The second kappa shape index (κ2) is 11.6. The molecule has 3 N–H and O–H groups in total. The predicted octanol–water partition coefficient (Wildman–Crippen LogP) is 5.54. The number of nitrogens with zero attached hydrogens (tertiary/aromatic N) is 3. The molecule has 2 aromatic carbocycles. The maximum Gasteiger partial charge on any atom is 0.335 e. The summed E-state index contributed by atoms with van der Waals surface area (Å²) in [6.07, 6.45) is 2.75. The smallest absolute Gasteiger partial charge is 0.335 e. The molecule has 0 bridgehead atoms. The van der Waals surface area contributed by atoms with Crippen LogP contribution >= 0.6 is 11.3 Å². The summed E-state index contributed by atoms with van der Waals surface area (Å²) in [6, 6.07) is 13.8. The van der Waals surface area contributed by atoms with E-state index < -0.39 is 5.97 Å². The number of rotatable bonds is 11. The van der Waals surface area contributed by atoms with Crippen LogP contribution in [0.4, 0.5) is 17.3 Å². The van der Waals surface area contributed by atoms with Gasteiger partial charge in [0.1, 0.15) is 10.4 Å². The van der Waals surface area contributed by atoms with Gasteiger partial charge in [0, 0.05) is 17.4 Å². The molecule has 9 nitrogen and oxygen atoms in total. The summed E-state index contributed by atoms with van der Waals surface area (Å²) in [4.78, 5) is 34.5. The van der Waals surface area contributed by atoms with Crippen molar-refractivity contribution in [3.63, 3.8) is 0 Å². The van der Waals surface area contributed by atoms with E-state index in [-0.39, 0.29) is 11.5 Å². The van der Waals surface area contributed by atoms with E-state index in [2.05, 4.69) is 32.1 Å². The number of benzene rings is 2. The Labute approximate surface area is 218 Å². The number of carbonyl (C=O) groups excluding carboxylic acids is 1. The summed E-state index contributed by atoms with van der Waals surface area (Å²) < 4.78 is 6.89. The van der Waals surface area contributed by atoms with Crippen LogP contribution < -0.4 is 15.4 Å². The van der Waals surface area contributed by atoms with E-state index >= 15 is 0 Å². The van der Waals surface area contributed by atoms with Crippen LogP contribution in [0, 0.1) is 0 Å². The van der Waals surface area contributed by atoms with Crippen molar-refractivity contribution < 1.29 is 19.4 Å². The molecule has 0 aliphatic rings. The highest BCUT2D eigenvalue weighted by atomic mass is 32.1. The van der Waals surface area contributed by atoms with Crippen LogP contribution in [0.5, 0.6) is 11.6 Å². The molecule has 0 atom stereocenters. The number of ether oxygens (including phenoxy) is 1. The number of aromatic nitrogens is 2. The first-order valence-corrected chi connectivity index (χ1v) is 12.4. The lowest BCUT2D eigenvalue weighted by Gasteiger charge is -2.15. The minimum absolute atomic E-state index is 0.229. The van der Waals surface area contributed by atoms with Crippen molar-refractivity contribution in [2.75, 3.05) is 31.3 Å². The van der Waals surface area contributed by atoms with E-state index in [9.17, 15) is 14.7 Å². The number of hydrogen-bond donors (Lipinski definition) is 3. The summed E-state index contributed by atoms with van der Waals surface area (Å²) in [5.74, 6) is -0.100. The molecular weight excluding hydrogens is 490 g/mol. The van der Waals surface area contributed by atoms with Gasteiger partial charge in [0.05, 0.1) is 11.1 Å². The lowest BCUT2D eigenvalue weighted by atomic mass is 10.0. The van der Waals surface area contributed by atoms with Gasteiger partial charge in [-0.15, -0.1) is 11.3 Å². The molecule has 0 saturated carbocycles. The maximum absolute atomic E-state index is 11.7. The Morgan fingerprint density at radius 1 is 1.16 bits per heavy atom. The fourth-order valence-corrected chi connectivity index (χ4v) is 4.42. The van der Waals surface area contributed by atoms with Crippen molar-refractivity contribution in [2.24, 2.45) is 0 Å². The standard InChI is InChI=1S/C27H27N5O4S/c1-4-23(33)28-19-8-5-9-20(16-19)36-25-24-22(12-14-37-24)30-27(31-25)29-21-11-10-18(26(34)35)15-17(21)7-6-13-32(2)3/h4-5,8-12,14-16H,1,6-7,13H2,2-3H3,(H,28,33)(H,34,35)(H,29,30,31). The lowest BCUT2D eigenvalue weighted by Crippen LogP contribution is -2.14. The van der Waals surface area contributed by atoms with Crippen molar-refractivity contribution in [1.82, 2.24) is 14.9 Å². The third-order valence-corrected chi connectivity index (χ3v) is 6.32. The van der Waals surface area contributed by atoms with Crippen molar-refractivity contribution in [2.45, 2.75) is 12.8 Å². The van der Waals surface area contributed by atoms with Crippen LogP contribution in [0.25, 0.3) is 10.2 Å². The van der Waals surface area contributed by atoms with Gasteiger partial charge in [0.15, 0.2) is 0 Å². The number of anilines is 3. The quantitative estimate of drug-likeness (QED) is 0.222. The highest BCUT2D eigenvalue weighted by Gasteiger charge is 2.15. The Kier molecular flexibility index (Phi) is 8.11. The Bertz CT molecular complexity index is 1450. The first-order valence-electron chi connectivity index (χ1n) is 11.6. The number of carbonyl (C=O) groups is 2. The molecule has 0 radical (unpaired) electrons. The van der Waals surface area contributed by atoms with Crippen molar-refractivity contribution in [3.8, 4) is 11.6 Å². The number of fused-ring (bicyclic) bond motifs is 1. The number of aromatic carboxylic acids is 1. The number of amides is 1. The van der Waals surface area contributed by atoms with Gasteiger partial charge in [-0.3, -0.25) is 4.79 Å². The molecule has 0 fully saturated rings. The minimum Gasteiger partial charge on any atom is -0.478 e. The molecule has 10 heteroatoms. The molecule has 4 rings (SSSR count). The van der Waals surface area contributed by atoms with Crippen molar-refractivity contribution >= 4 is 50.8 Å². The molecule has 37 heavy (non-hydrogen) atoms. The Morgan fingerprint density at radius 3 is 2.76 bits per heavy atom. The molecule has 2 heterocycles. The number of nitrogens with one attached hydrogen (secondary N) is 2. The maximum atomic E-state index is 11.7. The zero-order valence-corrected chi connectivity index (χ0v) is 21.3. The highest BCUT2D eigenvalue weighted by Crippen LogP contribution is 2.34. The fourth-order valence-electron chi connectivity index (χ4n) is 3.67. The molecule has 0 aliphatic carbocycles. The molecule has 0 unspecified atom stereocenters. The van der Waals surface area contributed by atoms with Crippen LogP contribution in [-0.2, 0) is 11.2 Å². The van der Waals surface area contributed by atoms with Crippen LogP contribution in [0.3, 0.4) is 0 Å². The van der Waals surface area contributed by atoms with Gasteiger partial charge in [-0.1, -0.05) is 12.6 Å². The Hall–Kier alpha value is -4.28. The number of carboxylic acid groups (broad SMARTS) is 1. The molecule has 2 aromatic heterocycles. The topological polar surface area (TPSA) is 117 Å². The van der Waals surface area contributed by atoms with Crippen LogP contribution in [0.1, 0.15) is 22.3 Å². The van der Waals surface area contributed by atoms with E-state index in [1.807, 2.05) is 25.5 Å². The van der Waals surface area contributed by atoms with E-state index in [1.165, 1.54) is 17.4 Å². The first-order chi connectivity index (χ1) is 17.8. The third kappa shape index (κ3) is 6.69. The SMILES string of the molecule is C=CC(=O)Nc1cccc(Oc2nc(Nc3ccc(C(=O)O)cc3CCCN(C)C)nc3ccsc23)c1. The zero-order chi connectivity index (χ0) is 26.4. The molecule has 0 saturated heterocycles. The predicted molar refractivity (Wildman–Crippen MR) is 146 cm³/mol. The van der Waals surface area contributed by atoms with Crippen LogP contribution in [0.15, 0.2) is 66.6 Å². The lowest BCUT2D eigenvalue weighted by molar-refractivity contribution is -0.111. The zero-order valence-electron chi connectivity index (χ0n) is 20.5. The van der Waals surface area contributed by atoms with Crippen LogP contribution in [-0.4, -0.2) is 52.5 Å². The molecule has 4 aromatic rings. The highest BCUT2D eigenvalue weighted by molar-refractivity contribution is 7.17. The fraction of sp³-hybridized carbons (Fsp3) is 0.185.